The van der Waals surface area contributed by atoms with Crippen LogP contribution < -0.4 is 5.32 Å². The van der Waals surface area contributed by atoms with E-state index in [2.05, 4.69) is 16.0 Å². The predicted octanol–water partition coefficient (Wildman–Crippen LogP) is 3.85. The fourth-order valence-electron chi connectivity index (χ4n) is 3.04. The molecule has 2 nitrogen and oxygen atoms in total. The molecule has 114 valence electrons. The molecule has 0 bridgehead atoms. The molecule has 2 rings (SSSR count). The van der Waals surface area contributed by atoms with E-state index in [1.165, 1.54) is 17.0 Å². The zero-order chi connectivity index (χ0) is 14.9. The lowest BCUT2D eigenvalue weighted by Crippen LogP contribution is -2.38. The third-order valence-electron chi connectivity index (χ3n) is 4.60. The van der Waals surface area contributed by atoms with E-state index in [1.807, 2.05) is 20.9 Å². The number of hydrogen-bond donors (Lipinski definition) is 1. The highest BCUT2D eigenvalue weighted by Gasteiger charge is 2.41. The van der Waals surface area contributed by atoms with E-state index in [0.29, 0.717) is 13.0 Å². The van der Waals surface area contributed by atoms with Crippen molar-refractivity contribution in [3.8, 4) is 0 Å². The quantitative estimate of drug-likeness (QED) is 0.894. The summed E-state index contributed by atoms with van der Waals surface area (Å²) >= 11 is 0. The zero-order valence-electron chi connectivity index (χ0n) is 12.3. The molecule has 0 saturated heterocycles. The third-order valence-corrected chi connectivity index (χ3v) is 4.60. The molecule has 1 fully saturated rings. The molecule has 1 aromatic rings. The Bertz CT molecular complexity index is 462. The second kappa shape index (κ2) is 5.80. The van der Waals surface area contributed by atoms with E-state index in [1.54, 1.807) is 0 Å². The average molecular weight is 288 g/mol. The highest BCUT2D eigenvalue weighted by molar-refractivity contribution is 5.26. The number of alkyl halides is 3. The Morgan fingerprint density at radius 2 is 2.00 bits per heavy atom. The molecular formula is C15H23F3N2. The smallest absolute Gasteiger partial charge is 0.352 e. The van der Waals surface area contributed by atoms with E-state index < -0.39 is 12.1 Å². The summed E-state index contributed by atoms with van der Waals surface area (Å²) in [5.41, 5.74) is 3.54. The van der Waals surface area contributed by atoms with Crippen LogP contribution in [-0.2, 0) is 13.6 Å². The van der Waals surface area contributed by atoms with Crippen LogP contribution in [0.25, 0.3) is 0 Å². The van der Waals surface area contributed by atoms with E-state index >= 15 is 0 Å². The first-order chi connectivity index (χ1) is 9.29. The molecule has 1 aliphatic rings. The predicted molar refractivity (Wildman–Crippen MR) is 73.5 cm³/mol. The fraction of sp³-hybridized carbons (Fsp3) is 0.733. The molecule has 0 aromatic carbocycles. The maximum atomic E-state index is 12.8. The summed E-state index contributed by atoms with van der Waals surface area (Å²) in [5.74, 6) is -1.13. The maximum absolute atomic E-state index is 12.8. The first kappa shape index (κ1) is 15.4. The van der Waals surface area contributed by atoms with Crippen LogP contribution in [-0.4, -0.2) is 16.8 Å². The molecule has 1 saturated carbocycles. The SMILES string of the molecule is Cc1cc(CNC2CCCC(C(F)(F)F)C2)c(C)n1C. The van der Waals surface area contributed by atoms with Gasteiger partial charge in [0.15, 0.2) is 0 Å². The summed E-state index contributed by atoms with van der Waals surface area (Å²) in [6.07, 6.45) is -2.04. The molecular weight excluding hydrogens is 265 g/mol. The first-order valence-electron chi connectivity index (χ1n) is 7.21. The molecule has 0 radical (unpaired) electrons. The topological polar surface area (TPSA) is 17.0 Å². The van der Waals surface area contributed by atoms with Crippen LogP contribution in [0.4, 0.5) is 13.2 Å². The summed E-state index contributed by atoms with van der Waals surface area (Å²) in [5, 5.41) is 3.31. The summed E-state index contributed by atoms with van der Waals surface area (Å²) in [6, 6.07) is 2.09. The van der Waals surface area contributed by atoms with Crippen molar-refractivity contribution < 1.29 is 13.2 Å². The number of aromatic nitrogens is 1. The van der Waals surface area contributed by atoms with Gasteiger partial charge in [-0.2, -0.15) is 13.2 Å². The van der Waals surface area contributed by atoms with Crippen molar-refractivity contribution in [2.24, 2.45) is 13.0 Å². The van der Waals surface area contributed by atoms with Gasteiger partial charge in [0.05, 0.1) is 5.92 Å². The van der Waals surface area contributed by atoms with Crippen LogP contribution in [0.15, 0.2) is 6.07 Å². The second-order valence-electron chi connectivity index (χ2n) is 5.94. The molecule has 1 aromatic heterocycles. The van der Waals surface area contributed by atoms with Gasteiger partial charge in [0, 0.05) is 31.0 Å². The minimum atomic E-state index is -4.04. The van der Waals surface area contributed by atoms with Gasteiger partial charge in [-0.05, 0) is 44.7 Å². The number of hydrogen-bond acceptors (Lipinski definition) is 1. The van der Waals surface area contributed by atoms with Gasteiger partial charge in [0.25, 0.3) is 0 Å². The average Bonchev–Trinajstić information content (AvgIpc) is 2.63. The molecule has 1 N–H and O–H groups in total. The summed E-state index contributed by atoms with van der Waals surface area (Å²) < 4.78 is 40.4. The van der Waals surface area contributed by atoms with Gasteiger partial charge in [0.2, 0.25) is 0 Å². The number of nitrogens with zero attached hydrogens (tertiary/aromatic N) is 1. The lowest BCUT2D eigenvalue weighted by Gasteiger charge is -2.31. The molecule has 0 amide bonds. The minimum absolute atomic E-state index is 0.0183. The molecule has 20 heavy (non-hydrogen) atoms. The maximum Gasteiger partial charge on any atom is 0.391 e. The molecule has 5 heteroatoms. The standard InChI is InChI=1S/C15H23F3N2/c1-10-7-12(11(2)20(10)3)9-19-14-6-4-5-13(8-14)15(16,17)18/h7,13-14,19H,4-6,8-9H2,1-3H3. The first-order valence-corrected chi connectivity index (χ1v) is 7.21. The lowest BCUT2D eigenvalue weighted by atomic mass is 9.85. The normalized spacial score (nSPS) is 24.1. The Kier molecular flexibility index (Phi) is 4.47. The molecule has 1 heterocycles. The van der Waals surface area contributed by atoms with E-state index in [-0.39, 0.29) is 18.9 Å². The third kappa shape index (κ3) is 3.37. The fourth-order valence-corrected chi connectivity index (χ4v) is 3.04. The van der Waals surface area contributed by atoms with Gasteiger partial charge >= 0.3 is 6.18 Å². The Balaban J connectivity index is 1.92. The largest absolute Gasteiger partial charge is 0.391 e. The summed E-state index contributed by atoms with van der Waals surface area (Å²) in [4.78, 5) is 0. The zero-order valence-corrected chi connectivity index (χ0v) is 12.3. The van der Waals surface area contributed by atoms with E-state index in [9.17, 15) is 13.2 Å². The van der Waals surface area contributed by atoms with Crippen molar-refractivity contribution in [2.45, 2.75) is 58.3 Å². The van der Waals surface area contributed by atoms with Gasteiger partial charge < -0.3 is 9.88 Å². The van der Waals surface area contributed by atoms with Gasteiger partial charge in [-0.1, -0.05) is 6.42 Å². The van der Waals surface area contributed by atoms with Gasteiger partial charge in [-0.15, -0.1) is 0 Å². The van der Waals surface area contributed by atoms with Gasteiger partial charge in [-0.3, -0.25) is 0 Å². The van der Waals surface area contributed by atoms with Crippen molar-refractivity contribution in [1.82, 2.24) is 9.88 Å². The minimum Gasteiger partial charge on any atom is -0.352 e. The highest BCUT2D eigenvalue weighted by atomic mass is 19.4. The summed E-state index contributed by atoms with van der Waals surface area (Å²) in [7, 11) is 2.01. The van der Waals surface area contributed by atoms with Crippen LogP contribution in [0.2, 0.25) is 0 Å². The van der Waals surface area contributed by atoms with Gasteiger partial charge in [0.1, 0.15) is 0 Å². The summed E-state index contributed by atoms with van der Waals surface area (Å²) in [6.45, 7) is 4.74. The number of nitrogens with one attached hydrogen (secondary N) is 1. The highest BCUT2D eigenvalue weighted by Crippen LogP contribution is 2.37. The van der Waals surface area contributed by atoms with Crippen molar-refractivity contribution in [1.29, 1.82) is 0 Å². The van der Waals surface area contributed by atoms with Crippen molar-refractivity contribution in [3.05, 3.63) is 23.0 Å². The number of rotatable bonds is 3. The van der Waals surface area contributed by atoms with Crippen LogP contribution in [0.1, 0.15) is 42.6 Å². The number of aryl methyl sites for hydroxylation is 1. The van der Waals surface area contributed by atoms with Crippen LogP contribution >= 0.6 is 0 Å². The van der Waals surface area contributed by atoms with Crippen molar-refractivity contribution in [2.75, 3.05) is 0 Å². The number of halogens is 3. The van der Waals surface area contributed by atoms with Crippen LogP contribution in [0, 0.1) is 19.8 Å². The van der Waals surface area contributed by atoms with E-state index in [0.717, 1.165) is 6.42 Å². The Morgan fingerprint density at radius 1 is 1.30 bits per heavy atom. The lowest BCUT2D eigenvalue weighted by molar-refractivity contribution is -0.183. The van der Waals surface area contributed by atoms with E-state index in [4.69, 9.17) is 0 Å². The van der Waals surface area contributed by atoms with Crippen molar-refractivity contribution >= 4 is 0 Å². The molecule has 2 unspecified atom stereocenters. The monoisotopic (exact) mass is 288 g/mol. The van der Waals surface area contributed by atoms with Gasteiger partial charge in [-0.25, -0.2) is 0 Å². The van der Waals surface area contributed by atoms with Crippen LogP contribution in [0.3, 0.4) is 0 Å². The molecule has 2 atom stereocenters. The Hall–Kier alpha value is -0.970. The van der Waals surface area contributed by atoms with Crippen LogP contribution in [0.5, 0.6) is 0 Å². The Morgan fingerprint density at radius 3 is 2.55 bits per heavy atom. The Labute approximate surface area is 118 Å². The molecule has 0 aliphatic heterocycles. The molecule has 1 aliphatic carbocycles. The van der Waals surface area contributed by atoms with Crippen molar-refractivity contribution in [3.63, 3.8) is 0 Å². The second-order valence-corrected chi connectivity index (χ2v) is 5.94. The molecule has 0 spiro atoms.